The van der Waals surface area contributed by atoms with Crippen LogP contribution >= 0.6 is 11.3 Å². The van der Waals surface area contributed by atoms with Crippen LogP contribution < -0.4 is 10.6 Å². The number of benzene rings is 1. The lowest BCUT2D eigenvalue weighted by Gasteiger charge is -2.29. The molecule has 2 aliphatic rings. The molecule has 110 valence electrons. The van der Waals surface area contributed by atoms with E-state index < -0.39 is 0 Å². The first-order valence-corrected chi connectivity index (χ1v) is 8.90. The van der Waals surface area contributed by atoms with E-state index in [1.807, 2.05) is 11.3 Å². The molecular formula is C18H22N2S. The topological polar surface area (TPSA) is 24.1 Å². The molecule has 1 aromatic carbocycles. The number of thiophene rings is 1. The summed E-state index contributed by atoms with van der Waals surface area (Å²) in [4.78, 5) is 1.60. The summed E-state index contributed by atoms with van der Waals surface area (Å²) < 4.78 is 0. The second-order valence-corrected chi connectivity index (χ2v) is 7.13. The van der Waals surface area contributed by atoms with Gasteiger partial charge >= 0.3 is 0 Å². The third kappa shape index (κ3) is 2.66. The highest BCUT2D eigenvalue weighted by Gasteiger charge is 2.26. The van der Waals surface area contributed by atoms with E-state index in [2.05, 4.69) is 46.3 Å². The summed E-state index contributed by atoms with van der Waals surface area (Å²) in [6, 6.07) is 12.2. The Kier molecular flexibility index (Phi) is 3.80. The van der Waals surface area contributed by atoms with Gasteiger partial charge in [-0.2, -0.15) is 0 Å². The van der Waals surface area contributed by atoms with E-state index in [0.29, 0.717) is 12.1 Å². The third-order valence-corrected chi connectivity index (χ3v) is 5.81. The van der Waals surface area contributed by atoms with E-state index in [-0.39, 0.29) is 0 Å². The molecule has 1 aliphatic heterocycles. The minimum Gasteiger partial charge on any atom is -0.313 e. The molecule has 2 heterocycles. The zero-order valence-electron chi connectivity index (χ0n) is 12.3. The number of fused-ring (bicyclic) bond motifs is 2. The maximum absolute atomic E-state index is 3.96. The molecule has 0 saturated heterocycles. The smallest absolute Gasteiger partial charge is 0.0341 e. The molecule has 2 N–H and O–H groups in total. The van der Waals surface area contributed by atoms with Crippen LogP contribution in [-0.4, -0.2) is 6.54 Å². The quantitative estimate of drug-likeness (QED) is 0.877. The first-order chi connectivity index (χ1) is 10.4. The Morgan fingerprint density at radius 1 is 1.05 bits per heavy atom. The minimum absolute atomic E-state index is 0.479. The third-order valence-electron chi connectivity index (χ3n) is 4.81. The van der Waals surface area contributed by atoms with Gasteiger partial charge in [-0.15, -0.1) is 11.3 Å². The standard InChI is InChI=1S/C18H22N2S/c1-2-5-14-13(4-1)12-19-10-8-17(14)20-16-6-3-7-18-15(16)9-11-21-18/h1-2,4-5,9,11,16-17,19-20H,3,6-8,10,12H2. The van der Waals surface area contributed by atoms with Crippen LogP contribution in [0.15, 0.2) is 35.7 Å². The summed E-state index contributed by atoms with van der Waals surface area (Å²) in [5, 5.41) is 9.77. The zero-order valence-corrected chi connectivity index (χ0v) is 13.1. The molecule has 0 bridgehead atoms. The van der Waals surface area contributed by atoms with Crippen LogP contribution in [0.25, 0.3) is 0 Å². The molecule has 1 aliphatic carbocycles. The van der Waals surface area contributed by atoms with Gasteiger partial charge in [-0.3, -0.25) is 0 Å². The van der Waals surface area contributed by atoms with Gasteiger partial charge in [0.2, 0.25) is 0 Å². The summed E-state index contributed by atoms with van der Waals surface area (Å²) in [5.41, 5.74) is 4.50. The van der Waals surface area contributed by atoms with Crippen LogP contribution in [0, 0.1) is 0 Å². The van der Waals surface area contributed by atoms with Crippen molar-refractivity contribution in [1.29, 1.82) is 0 Å². The predicted octanol–water partition coefficient (Wildman–Crippen LogP) is 3.95. The fourth-order valence-electron chi connectivity index (χ4n) is 3.74. The number of nitrogens with one attached hydrogen (secondary N) is 2. The van der Waals surface area contributed by atoms with E-state index in [9.17, 15) is 0 Å². The molecule has 3 heteroatoms. The lowest BCUT2D eigenvalue weighted by Crippen LogP contribution is -2.29. The van der Waals surface area contributed by atoms with Crippen molar-refractivity contribution in [2.45, 2.75) is 44.3 Å². The molecule has 2 nitrogen and oxygen atoms in total. The Morgan fingerprint density at radius 3 is 2.95 bits per heavy atom. The number of hydrogen-bond donors (Lipinski definition) is 2. The SMILES string of the molecule is c1ccc2c(c1)CNCCC2NC1CCCc2sccc21. The monoisotopic (exact) mass is 298 g/mol. The van der Waals surface area contributed by atoms with Crippen LogP contribution in [0.1, 0.15) is 52.9 Å². The van der Waals surface area contributed by atoms with Gasteiger partial charge < -0.3 is 10.6 Å². The molecule has 2 atom stereocenters. The van der Waals surface area contributed by atoms with Crippen LogP contribution in [-0.2, 0) is 13.0 Å². The van der Waals surface area contributed by atoms with Crippen LogP contribution in [0.4, 0.5) is 0 Å². The molecule has 0 radical (unpaired) electrons. The van der Waals surface area contributed by atoms with E-state index in [1.165, 1.54) is 36.8 Å². The summed E-state index contributed by atoms with van der Waals surface area (Å²) in [5.74, 6) is 0. The van der Waals surface area contributed by atoms with E-state index in [4.69, 9.17) is 0 Å². The molecule has 0 spiro atoms. The van der Waals surface area contributed by atoms with Crippen molar-refractivity contribution in [3.05, 3.63) is 57.3 Å². The Labute approximate surface area is 130 Å². The van der Waals surface area contributed by atoms with Crippen molar-refractivity contribution in [2.75, 3.05) is 6.54 Å². The summed E-state index contributed by atoms with van der Waals surface area (Å²) in [6.45, 7) is 2.10. The normalized spacial score (nSPS) is 25.0. The van der Waals surface area contributed by atoms with E-state index >= 15 is 0 Å². The second kappa shape index (κ2) is 5.91. The van der Waals surface area contributed by atoms with Gasteiger partial charge in [-0.25, -0.2) is 0 Å². The Hall–Kier alpha value is -1.16. The van der Waals surface area contributed by atoms with Gasteiger partial charge in [-0.1, -0.05) is 24.3 Å². The van der Waals surface area contributed by atoms with Crippen LogP contribution in [0.5, 0.6) is 0 Å². The summed E-state index contributed by atoms with van der Waals surface area (Å²) in [7, 11) is 0. The molecular weight excluding hydrogens is 276 g/mol. The first-order valence-electron chi connectivity index (χ1n) is 8.02. The second-order valence-electron chi connectivity index (χ2n) is 6.13. The molecule has 21 heavy (non-hydrogen) atoms. The van der Waals surface area contributed by atoms with Gasteiger partial charge in [-0.05, 0) is 60.4 Å². The minimum atomic E-state index is 0.479. The van der Waals surface area contributed by atoms with Crippen molar-refractivity contribution in [1.82, 2.24) is 10.6 Å². The van der Waals surface area contributed by atoms with Crippen LogP contribution in [0.3, 0.4) is 0 Å². The fraction of sp³-hybridized carbons (Fsp3) is 0.444. The molecule has 2 aromatic rings. The number of hydrogen-bond acceptors (Lipinski definition) is 3. The fourth-order valence-corrected chi connectivity index (χ4v) is 4.72. The molecule has 4 rings (SSSR count). The Morgan fingerprint density at radius 2 is 1.95 bits per heavy atom. The maximum Gasteiger partial charge on any atom is 0.0341 e. The van der Waals surface area contributed by atoms with Gasteiger partial charge in [0, 0.05) is 23.5 Å². The van der Waals surface area contributed by atoms with Gasteiger partial charge in [0.1, 0.15) is 0 Å². The van der Waals surface area contributed by atoms with Crippen molar-refractivity contribution in [2.24, 2.45) is 0 Å². The average molecular weight is 298 g/mol. The summed E-state index contributed by atoms with van der Waals surface area (Å²) in [6.07, 6.45) is 5.04. The zero-order chi connectivity index (χ0) is 14.1. The molecule has 1 aromatic heterocycles. The van der Waals surface area contributed by atoms with Gasteiger partial charge in [0.05, 0.1) is 0 Å². The van der Waals surface area contributed by atoms with Crippen molar-refractivity contribution in [3.63, 3.8) is 0 Å². The number of rotatable bonds is 2. The van der Waals surface area contributed by atoms with Crippen molar-refractivity contribution >= 4 is 11.3 Å². The average Bonchev–Trinajstić information content (AvgIpc) is 2.91. The highest BCUT2D eigenvalue weighted by Crippen LogP contribution is 2.36. The van der Waals surface area contributed by atoms with Gasteiger partial charge in [0.15, 0.2) is 0 Å². The highest BCUT2D eigenvalue weighted by molar-refractivity contribution is 7.10. The molecule has 0 saturated carbocycles. The van der Waals surface area contributed by atoms with E-state index in [0.717, 1.165) is 13.1 Å². The Bertz CT molecular complexity index is 619. The highest BCUT2D eigenvalue weighted by atomic mass is 32.1. The lowest BCUT2D eigenvalue weighted by molar-refractivity contribution is 0.389. The molecule has 0 amide bonds. The van der Waals surface area contributed by atoms with Crippen LogP contribution in [0.2, 0.25) is 0 Å². The maximum atomic E-state index is 3.96. The Balaban J connectivity index is 1.61. The van der Waals surface area contributed by atoms with Crippen molar-refractivity contribution in [3.8, 4) is 0 Å². The van der Waals surface area contributed by atoms with E-state index in [1.54, 1.807) is 10.4 Å². The first kappa shape index (κ1) is 13.5. The molecule has 2 unspecified atom stereocenters. The number of aryl methyl sites for hydroxylation is 1. The van der Waals surface area contributed by atoms with Gasteiger partial charge in [0.25, 0.3) is 0 Å². The molecule has 0 fully saturated rings. The largest absolute Gasteiger partial charge is 0.313 e. The predicted molar refractivity (Wildman–Crippen MR) is 88.6 cm³/mol. The lowest BCUT2D eigenvalue weighted by atomic mass is 9.91. The van der Waals surface area contributed by atoms with Crippen molar-refractivity contribution < 1.29 is 0 Å². The summed E-state index contributed by atoms with van der Waals surface area (Å²) >= 11 is 1.93.